The molecule has 0 bridgehead atoms. The number of carbonyl (C=O) groups excluding carboxylic acids is 1. The molecule has 1 atom stereocenters. The van der Waals surface area contributed by atoms with Gasteiger partial charge in [0.2, 0.25) is 5.91 Å². The van der Waals surface area contributed by atoms with E-state index in [0.717, 1.165) is 36.4 Å². The molecule has 0 spiro atoms. The number of aromatic nitrogens is 2. The van der Waals surface area contributed by atoms with Gasteiger partial charge in [0.25, 0.3) is 0 Å². The first-order chi connectivity index (χ1) is 10.6. The first-order valence-electron chi connectivity index (χ1n) is 7.55. The second kappa shape index (κ2) is 5.96. The van der Waals surface area contributed by atoms with Crippen molar-refractivity contribution in [2.24, 2.45) is 0 Å². The van der Waals surface area contributed by atoms with E-state index >= 15 is 0 Å². The van der Waals surface area contributed by atoms with Crippen molar-refractivity contribution < 1.29 is 9.53 Å². The molecule has 6 heteroatoms. The molecular weight excluding hydrogens is 280 g/mol. The third kappa shape index (κ3) is 2.54. The molecule has 22 heavy (non-hydrogen) atoms. The molecule has 1 amide bonds. The van der Waals surface area contributed by atoms with E-state index in [9.17, 15) is 4.79 Å². The van der Waals surface area contributed by atoms with Crippen molar-refractivity contribution in [1.82, 2.24) is 14.3 Å². The van der Waals surface area contributed by atoms with Crippen molar-refractivity contribution in [2.45, 2.75) is 18.9 Å². The zero-order valence-electron chi connectivity index (χ0n) is 13.3. The van der Waals surface area contributed by atoms with Crippen LogP contribution in [0.5, 0.6) is 0 Å². The first-order valence-corrected chi connectivity index (χ1v) is 7.55. The molecule has 2 aromatic rings. The van der Waals surface area contributed by atoms with Crippen LogP contribution < -0.4 is 4.90 Å². The number of amides is 1. The fourth-order valence-electron chi connectivity index (χ4n) is 3.12. The normalized spacial score (nSPS) is 18.1. The van der Waals surface area contributed by atoms with Gasteiger partial charge < -0.3 is 18.9 Å². The lowest BCUT2D eigenvalue weighted by Gasteiger charge is -2.25. The van der Waals surface area contributed by atoms with Crippen molar-refractivity contribution in [3.8, 4) is 0 Å². The van der Waals surface area contributed by atoms with Crippen LogP contribution in [0, 0.1) is 0 Å². The monoisotopic (exact) mass is 302 g/mol. The second-order valence-electron chi connectivity index (χ2n) is 5.86. The highest BCUT2D eigenvalue weighted by molar-refractivity contribution is 5.78. The molecule has 0 aliphatic carbocycles. The summed E-state index contributed by atoms with van der Waals surface area (Å²) in [5.41, 5.74) is 2.01. The van der Waals surface area contributed by atoms with Crippen molar-refractivity contribution in [3.05, 3.63) is 30.2 Å². The molecule has 0 saturated carbocycles. The molecule has 1 saturated heterocycles. The number of carbonyl (C=O) groups is 1. The summed E-state index contributed by atoms with van der Waals surface area (Å²) in [6, 6.07) is 4.10. The Kier molecular flexibility index (Phi) is 4.02. The Balaban J connectivity index is 2.00. The number of hydrogen-bond donors (Lipinski definition) is 0. The SMILES string of the molecule is COCC(=O)N1CCC[C@@H]1c1cn2cccc2c(N(C)C)n1. The van der Waals surface area contributed by atoms with Crippen LogP contribution in [0.4, 0.5) is 5.82 Å². The lowest BCUT2D eigenvalue weighted by Crippen LogP contribution is -2.34. The molecule has 6 nitrogen and oxygen atoms in total. The summed E-state index contributed by atoms with van der Waals surface area (Å²) in [7, 11) is 5.53. The quantitative estimate of drug-likeness (QED) is 0.863. The van der Waals surface area contributed by atoms with Gasteiger partial charge >= 0.3 is 0 Å². The Hall–Kier alpha value is -2.08. The Bertz CT molecular complexity index is 680. The number of nitrogens with zero attached hydrogens (tertiary/aromatic N) is 4. The van der Waals surface area contributed by atoms with E-state index in [2.05, 4.69) is 10.5 Å². The van der Waals surface area contributed by atoms with E-state index in [1.807, 2.05) is 42.4 Å². The van der Waals surface area contributed by atoms with Crippen LogP contribution >= 0.6 is 0 Å². The average Bonchev–Trinajstić information content (AvgIpc) is 3.14. The fraction of sp³-hybridized carbons (Fsp3) is 0.500. The average molecular weight is 302 g/mol. The Morgan fingerprint density at radius 3 is 3.05 bits per heavy atom. The Labute approximate surface area is 130 Å². The molecule has 3 heterocycles. The molecule has 1 aliphatic heterocycles. The minimum atomic E-state index is 0.0332. The van der Waals surface area contributed by atoms with E-state index in [-0.39, 0.29) is 18.6 Å². The maximum atomic E-state index is 12.2. The van der Waals surface area contributed by atoms with Gasteiger partial charge in [-0.1, -0.05) is 0 Å². The number of anilines is 1. The van der Waals surface area contributed by atoms with Crippen molar-refractivity contribution in [1.29, 1.82) is 0 Å². The first kappa shape index (κ1) is 14.8. The summed E-state index contributed by atoms with van der Waals surface area (Å²) in [5, 5.41) is 0. The zero-order chi connectivity index (χ0) is 15.7. The molecule has 0 aromatic carbocycles. The molecule has 1 fully saturated rings. The van der Waals surface area contributed by atoms with Crippen LogP contribution in [0.25, 0.3) is 5.52 Å². The largest absolute Gasteiger partial charge is 0.375 e. The molecule has 0 N–H and O–H groups in total. The lowest BCUT2D eigenvalue weighted by atomic mass is 10.1. The number of hydrogen-bond acceptors (Lipinski definition) is 4. The molecule has 0 radical (unpaired) electrons. The standard InChI is InChI=1S/C16H22N4O2/c1-18(2)16-14-7-4-8-19(14)10-12(17-16)13-6-5-9-20(13)15(21)11-22-3/h4,7-8,10,13H,5-6,9,11H2,1-3H3/t13-/m1/s1. The van der Waals surface area contributed by atoms with Gasteiger partial charge in [-0.15, -0.1) is 0 Å². The summed E-state index contributed by atoms with van der Waals surface area (Å²) in [5.74, 6) is 0.958. The van der Waals surface area contributed by atoms with Crippen LogP contribution in [0.2, 0.25) is 0 Å². The summed E-state index contributed by atoms with van der Waals surface area (Å²) < 4.78 is 7.07. The van der Waals surface area contributed by atoms with Gasteiger partial charge in [0.05, 0.1) is 17.3 Å². The van der Waals surface area contributed by atoms with Gasteiger partial charge in [-0.2, -0.15) is 0 Å². The fourth-order valence-corrected chi connectivity index (χ4v) is 3.12. The number of likely N-dealkylation sites (tertiary alicyclic amines) is 1. The maximum Gasteiger partial charge on any atom is 0.249 e. The number of fused-ring (bicyclic) bond motifs is 1. The third-order valence-electron chi connectivity index (χ3n) is 4.12. The predicted octanol–water partition coefficient (Wildman–Crippen LogP) is 1.71. The van der Waals surface area contributed by atoms with Crippen molar-refractivity contribution in [2.75, 3.05) is 39.3 Å². The topological polar surface area (TPSA) is 50.1 Å². The van der Waals surface area contributed by atoms with Crippen LogP contribution in [0.1, 0.15) is 24.6 Å². The van der Waals surface area contributed by atoms with Gasteiger partial charge in [0, 0.05) is 40.1 Å². The van der Waals surface area contributed by atoms with E-state index in [4.69, 9.17) is 9.72 Å². The highest BCUT2D eigenvalue weighted by Gasteiger charge is 2.31. The van der Waals surface area contributed by atoms with E-state index in [1.165, 1.54) is 0 Å². The van der Waals surface area contributed by atoms with E-state index in [1.54, 1.807) is 7.11 Å². The summed E-state index contributed by atoms with van der Waals surface area (Å²) in [6.07, 6.45) is 6.00. The van der Waals surface area contributed by atoms with Crippen LogP contribution in [-0.2, 0) is 9.53 Å². The molecule has 118 valence electrons. The Morgan fingerprint density at radius 2 is 2.32 bits per heavy atom. The zero-order valence-corrected chi connectivity index (χ0v) is 13.3. The predicted molar refractivity (Wildman–Crippen MR) is 85.1 cm³/mol. The molecular formula is C16H22N4O2. The smallest absolute Gasteiger partial charge is 0.249 e. The second-order valence-corrected chi connectivity index (χ2v) is 5.86. The van der Waals surface area contributed by atoms with Gasteiger partial charge in [0.15, 0.2) is 5.82 Å². The van der Waals surface area contributed by atoms with Gasteiger partial charge in [-0.25, -0.2) is 4.98 Å². The highest BCUT2D eigenvalue weighted by atomic mass is 16.5. The van der Waals surface area contributed by atoms with E-state index < -0.39 is 0 Å². The van der Waals surface area contributed by atoms with Crippen LogP contribution in [0.3, 0.4) is 0 Å². The number of methoxy groups -OCH3 is 1. The minimum Gasteiger partial charge on any atom is -0.375 e. The minimum absolute atomic E-state index is 0.0332. The highest BCUT2D eigenvalue weighted by Crippen LogP contribution is 2.32. The van der Waals surface area contributed by atoms with Crippen LogP contribution in [-0.4, -0.2) is 54.5 Å². The van der Waals surface area contributed by atoms with Crippen molar-refractivity contribution >= 4 is 17.2 Å². The van der Waals surface area contributed by atoms with Gasteiger partial charge in [0.1, 0.15) is 6.61 Å². The summed E-state index contributed by atoms with van der Waals surface area (Å²) in [4.78, 5) is 20.9. The summed E-state index contributed by atoms with van der Waals surface area (Å²) >= 11 is 0. The maximum absolute atomic E-state index is 12.2. The van der Waals surface area contributed by atoms with Crippen molar-refractivity contribution in [3.63, 3.8) is 0 Å². The van der Waals surface area contributed by atoms with E-state index in [0.29, 0.717) is 0 Å². The van der Waals surface area contributed by atoms with Crippen LogP contribution in [0.15, 0.2) is 24.5 Å². The molecule has 1 aliphatic rings. The number of rotatable bonds is 4. The lowest BCUT2D eigenvalue weighted by molar-refractivity contribution is -0.136. The summed E-state index contributed by atoms with van der Waals surface area (Å²) in [6.45, 7) is 0.901. The third-order valence-corrected chi connectivity index (χ3v) is 4.12. The molecule has 2 aromatic heterocycles. The molecule has 3 rings (SSSR count). The Morgan fingerprint density at radius 1 is 1.50 bits per heavy atom. The molecule has 0 unspecified atom stereocenters. The van der Waals surface area contributed by atoms with Gasteiger partial charge in [-0.3, -0.25) is 4.79 Å². The van der Waals surface area contributed by atoms with Gasteiger partial charge in [-0.05, 0) is 25.0 Å². The number of ether oxygens (including phenoxy) is 1.